The van der Waals surface area contributed by atoms with Crippen molar-refractivity contribution in [1.29, 1.82) is 0 Å². The third kappa shape index (κ3) is 6.89. The highest BCUT2D eigenvalue weighted by Crippen LogP contribution is 2.18. The molecule has 5 nitrogen and oxygen atoms in total. The first-order valence-corrected chi connectivity index (χ1v) is 10.2. The summed E-state index contributed by atoms with van der Waals surface area (Å²) in [6, 6.07) is 8.28. The molecule has 1 saturated heterocycles. The van der Waals surface area contributed by atoms with Crippen LogP contribution >= 0.6 is 0 Å². The molecule has 1 aromatic rings. The molecule has 150 valence electrons. The maximum absolute atomic E-state index is 12.6. The lowest BCUT2D eigenvalue weighted by atomic mass is 9.96. The molecule has 2 amide bonds. The van der Waals surface area contributed by atoms with Gasteiger partial charge in [0.15, 0.2) is 0 Å². The molecular formula is C22H34N2O3. The zero-order valence-corrected chi connectivity index (χ0v) is 17.2. The lowest BCUT2D eigenvalue weighted by molar-refractivity contribution is -0.135. The fourth-order valence-electron chi connectivity index (χ4n) is 3.46. The van der Waals surface area contributed by atoms with Crippen molar-refractivity contribution >= 4 is 11.8 Å². The third-order valence-corrected chi connectivity index (χ3v) is 5.00. The molecule has 2 rings (SSSR count). The van der Waals surface area contributed by atoms with Gasteiger partial charge in [0, 0.05) is 25.6 Å². The van der Waals surface area contributed by atoms with E-state index < -0.39 is 0 Å². The molecule has 27 heavy (non-hydrogen) atoms. The minimum atomic E-state index is -0.0795. The molecular weight excluding hydrogens is 340 g/mol. The third-order valence-electron chi connectivity index (χ3n) is 5.00. The van der Waals surface area contributed by atoms with Gasteiger partial charge in [-0.05, 0) is 64.2 Å². The van der Waals surface area contributed by atoms with Crippen molar-refractivity contribution in [3.8, 4) is 5.75 Å². The molecule has 5 heteroatoms. The molecule has 0 saturated carbocycles. The Hall–Kier alpha value is -2.04. The summed E-state index contributed by atoms with van der Waals surface area (Å²) in [5, 5.41) is 3.13. The molecule has 0 spiro atoms. The number of nitrogens with zero attached hydrogens (tertiary/aromatic N) is 1. The van der Waals surface area contributed by atoms with Crippen LogP contribution in [-0.2, 0) is 16.0 Å². The van der Waals surface area contributed by atoms with E-state index >= 15 is 0 Å². The van der Waals surface area contributed by atoms with E-state index in [4.69, 9.17) is 4.74 Å². The molecule has 2 unspecified atom stereocenters. The summed E-state index contributed by atoms with van der Waals surface area (Å²) < 4.78 is 5.66. The summed E-state index contributed by atoms with van der Waals surface area (Å²) in [4.78, 5) is 26.3. The second kappa shape index (κ2) is 10.3. The van der Waals surface area contributed by atoms with Crippen LogP contribution in [0.2, 0.25) is 0 Å². The van der Waals surface area contributed by atoms with E-state index in [-0.39, 0.29) is 29.9 Å². The average molecular weight is 375 g/mol. The van der Waals surface area contributed by atoms with Gasteiger partial charge in [-0.15, -0.1) is 0 Å². The second-order valence-electron chi connectivity index (χ2n) is 7.79. The number of carbonyl (C=O) groups is 2. The van der Waals surface area contributed by atoms with Crippen LogP contribution in [0.25, 0.3) is 0 Å². The Morgan fingerprint density at radius 3 is 2.56 bits per heavy atom. The number of hydrogen-bond acceptors (Lipinski definition) is 3. The molecule has 1 aromatic carbocycles. The minimum absolute atomic E-state index is 0.0795. The van der Waals surface area contributed by atoms with Gasteiger partial charge in [0.2, 0.25) is 11.8 Å². The molecule has 0 aliphatic carbocycles. The Kier molecular flexibility index (Phi) is 8.14. The molecule has 1 heterocycles. The number of likely N-dealkylation sites (tertiary alicyclic amines) is 1. The smallest absolute Gasteiger partial charge is 0.225 e. The first kappa shape index (κ1) is 21.3. The van der Waals surface area contributed by atoms with Crippen LogP contribution in [0, 0.1) is 5.92 Å². The minimum Gasteiger partial charge on any atom is -0.491 e. The monoisotopic (exact) mass is 374 g/mol. The van der Waals surface area contributed by atoms with Crippen LogP contribution in [-0.4, -0.2) is 41.9 Å². The lowest BCUT2D eigenvalue weighted by Crippen LogP contribution is -2.47. The number of nitrogens with one attached hydrogen (secondary N) is 1. The van der Waals surface area contributed by atoms with Gasteiger partial charge in [0.05, 0.1) is 12.0 Å². The summed E-state index contributed by atoms with van der Waals surface area (Å²) in [6.45, 7) is 9.29. The number of carbonyl (C=O) groups excluding carboxylic acids is 2. The summed E-state index contributed by atoms with van der Waals surface area (Å²) in [6.07, 6.45) is 4.25. The van der Waals surface area contributed by atoms with Crippen LogP contribution < -0.4 is 10.1 Å². The zero-order valence-electron chi connectivity index (χ0n) is 17.2. The van der Waals surface area contributed by atoms with Gasteiger partial charge in [-0.2, -0.15) is 0 Å². The van der Waals surface area contributed by atoms with E-state index in [2.05, 4.69) is 17.4 Å². The van der Waals surface area contributed by atoms with Crippen molar-refractivity contribution in [2.75, 3.05) is 13.1 Å². The first-order valence-electron chi connectivity index (χ1n) is 10.2. The van der Waals surface area contributed by atoms with Crippen LogP contribution in [0.5, 0.6) is 5.75 Å². The van der Waals surface area contributed by atoms with Crippen LogP contribution in [0.1, 0.15) is 58.9 Å². The number of ether oxygens (including phenoxy) is 1. The highest BCUT2D eigenvalue weighted by atomic mass is 16.5. The van der Waals surface area contributed by atoms with Gasteiger partial charge < -0.3 is 15.0 Å². The highest BCUT2D eigenvalue weighted by molar-refractivity contribution is 5.81. The molecule has 0 bridgehead atoms. The fraction of sp³-hybridized carbons (Fsp3) is 0.636. The highest BCUT2D eigenvalue weighted by Gasteiger charge is 2.28. The Morgan fingerprint density at radius 2 is 1.93 bits per heavy atom. The van der Waals surface area contributed by atoms with E-state index in [1.165, 1.54) is 5.56 Å². The first-order chi connectivity index (χ1) is 12.9. The normalized spacial score (nSPS) is 18.3. The molecule has 0 aromatic heterocycles. The topological polar surface area (TPSA) is 58.6 Å². The second-order valence-corrected chi connectivity index (χ2v) is 7.79. The van der Waals surface area contributed by atoms with Crippen molar-refractivity contribution in [3.63, 3.8) is 0 Å². The van der Waals surface area contributed by atoms with Gasteiger partial charge in [-0.3, -0.25) is 9.59 Å². The van der Waals surface area contributed by atoms with E-state index in [9.17, 15) is 9.59 Å². The predicted molar refractivity (Wildman–Crippen MR) is 108 cm³/mol. The number of benzene rings is 1. The predicted octanol–water partition coefficient (Wildman–Crippen LogP) is 3.56. The van der Waals surface area contributed by atoms with E-state index in [1.54, 1.807) is 0 Å². The van der Waals surface area contributed by atoms with Gasteiger partial charge in [-0.25, -0.2) is 0 Å². The van der Waals surface area contributed by atoms with E-state index in [1.807, 2.05) is 44.7 Å². The fourth-order valence-corrected chi connectivity index (χ4v) is 3.46. The zero-order chi connectivity index (χ0) is 19.8. The molecule has 1 aliphatic heterocycles. The summed E-state index contributed by atoms with van der Waals surface area (Å²) in [5.41, 5.74) is 1.24. The maximum Gasteiger partial charge on any atom is 0.225 e. The standard InChI is InChI=1S/C22H34N2O3/c1-5-21(25)24-14-6-7-19(15-24)22(26)23-17(4)8-9-18-10-12-20(13-11-18)27-16(2)3/h10-13,16-17,19H,5-9,14-15H2,1-4H3,(H,23,26). The SMILES string of the molecule is CCC(=O)N1CCCC(C(=O)NC(C)CCc2ccc(OC(C)C)cc2)C1. The van der Waals surface area contributed by atoms with Crippen LogP contribution in [0.3, 0.4) is 0 Å². The van der Waals surface area contributed by atoms with E-state index in [0.29, 0.717) is 13.0 Å². The average Bonchev–Trinajstić information content (AvgIpc) is 2.66. The van der Waals surface area contributed by atoms with Crippen LogP contribution in [0.15, 0.2) is 24.3 Å². The van der Waals surface area contributed by atoms with Crippen LogP contribution in [0.4, 0.5) is 0 Å². The van der Waals surface area contributed by atoms with Crippen molar-refractivity contribution in [3.05, 3.63) is 29.8 Å². The molecule has 1 N–H and O–H groups in total. The van der Waals surface area contributed by atoms with Gasteiger partial charge in [0.1, 0.15) is 5.75 Å². The molecule has 1 fully saturated rings. The number of piperidine rings is 1. The quantitative estimate of drug-likeness (QED) is 0.757. The summed E-state index contributed by atoms with van der Waals surface area (Å²) in [7, 11) is 0. The molecule has 1 aliphatic rings. The molecule has 2 atom stereocenters. The summed E-state index contributed by atoms with van der Waals surface area (Å²) in [5.74, 6) is 1.03. The number of hydrogen-bond donors (Lipinski definition) is 1. The number of amides is 2. The van der Waals surface area contributed by atoms with Crippen molar-refractivity contribution in [1.82, 2.24) is 10.2 Å². The van der Waals surface area contributed by atoms with Gasteiger partial charge >= 0.3 is 0 Å². The Morgan fingerprint density at radius 1 is 1.22 bits per heavy atom. The number of aryl methyl sites for hydroxylation is 1. The van der Waals surface area contributed by atoms with Gasteiger partial charge in [-0.1, -0.05) is 19.1 Å². The van der Waals surface area contributed by atoms with Crippen molar-refractivity contribution < 1.29 is 14.3 Å². The van der Waals surface area contributed by atoms with Crippen molar-refractivity contribution in [2.45, 2.75) is 71.9 Å². The largest absolute Gasteiger partial charge is 0.491 e. The van der Waals surface area contributed by atoms with Gasteiger partial charge in [0.25, 0.3) is 0 Å². The van der Waals surface area contributed by atoms with Crippen molar-refractivity contribution in [2.24, 2.45) is 5.92 Å². The lowest BCUT2D eigenvalue weighted by Gasteiger charge is -2.32. The Bertz CT molecular complexity index is 612. The Balaban J connectivity index is 1.77. The van der Waals surface area contributed by atoms with E-state index in [0.717, 1.165) is 38.0 Å². The molecule has 0 radical (unpaired) electrons. The Labute approximate surface area is 163 Å². The number of rotatable bonds is 8. The maximum atomic E-state index is 12.6. The summed E-state index contributed by atoms with van der Waals surface area (Å²) >= 11 is 0.